The number of amides is 2. The minimum Gasteiger partial charge on any atom is -0.493 e. The van der Waals surface area contributed by atoms with Crippen molar-refractivity contribution < 1.29 is 29.0 Å². The van der Waals surface area contributed by atoms with Crippen molar-refractivity contribution in [3.63, 3.8) is 0 Å². The van der Waals surface area contributed by atoms with Crippen LogP contribution >= 0.6 is 0 Å². The van der Waals surface area contributed by atoms with Crippen LogP contribution in [0.1, 0.15) is 52.0 Å². The minimum atomic E-state index is -0.735. The van der Waals surface area contributed by atoms with Crippen LogP contribution in [0.2, 0.25) is 0 Å². The van der Waals surface area contributed by atoms with Gasteiger partial charge >= 0.3 is 5.97 Å². The molecule has 0 unspecified atom stereocenters. The zero-order valence-corrected chi connectivity index (χ0v) is 18.3. The van der Waals surface area contributed by atoms with Crippen molar-refractivity contribution >= 4 is 17.8 Å². The van der Waals surface area contributed by atoms with E-state index >= 15 is 0 Å². The van der Waals surface area contributed by atoms with Gasteiger partial charge < -0.3 is 25.2 Å². The Morgan fingerprint density at radius 1 is 0.909 bits per heavy atom. The van der Waals surface area contributed by atoms with Crippen molar-refractivity contribution in [3.8, 4) is 11.5 Å². The Kier molecular flexibility index (Phi) is 7.12. The predicted molar refractivity (Wildman–Crippen MR) is 121 cm³/mol. The van der Waals surface area contributed by atoms with Gasteiger partial charge in [-0.2, -0.15) is 0 Å². The molecule has 1 aliphatic carbocycles. The summed E-state index contributed by atoms with van der Waals surface area (Å²) in [4.78, 5) is 35.7. The van der Waals surface area contributed by atoms with E-state index in [1.807, 2.05) is 12.1 Å². The predicted octanol–water partition coefficient (Wildman–Crippen LogP) is 2.80. The molecule has 174 valence electrons. The highest BCUT2D eigenvalue weighted by atomic mass is 16.5. The van der Waals surface area contributed by atoms with Gasteiger partial charge in [0.15, 0.2) is 0 Å². The molecule has 0 saturated heterocycles. The fraction of sp³-hybridized carbons (Fsp3) is 0.400. The number of hydrogen-bond acceptors (Lipinski definition) is 5. The van der Waals surface area contributed by atoms with E-state index in [1.54, 1.807) is 30.3 Å². The lowest BCUT2D eigenvalue weighted by molar-refractivity contribution is -0.143. The van der Waals surface area contributed by atoms with Crippen LogP contribution in [0.15, 0.2) is 42.5 Å². The number of fused-ring (bicyclic) bond motifs is 1. The highest BCUT2D eigenvalue weighted by Crippen LogP contribution is 2.28. The second-order valence-electron chi connectivity index (χ2n) is 8.39. The van der Waals surface area contributed by atoms with Gasteiger partial charge in [0, 0.05) is 30.6 Å². The summed E-state index contributed by atoms with van der Waals surface area (Å²) in [6.45, 7) is 1.27. The quantitative estimate of drug-likeness (QED) is 0.531. The fourth-order valence-electron chi connectivity index (χ4n) is 4.19. The smallest absolute Gasteiger partial charge is 0.306 e. The molecule has 2 aliphatic rings. The van der Waals surface area contributed by atoms with E-state index < -0.39 is 5.97 Å². The number of carboxylic acid groups (broad SMARTS) is 1. The molecule has 2 aromatic rings. The number of aliphatic carboxylic acids is 1. The topological polar surface area (TPSA) is 114 Å². The Morgan fingerprint density at radius 2 is 1.55 bits per heavy atom. The van der Waals surface area contributed by atoms with Gasteiger partial charge in [-0.1, -0.05) is 0 Å². The van der Waals surface area contributed by atoms with Gasteiger partial charge in [0.1, 0.15) is 11.5 Å². The van der Waals surface area contributed by atoms with Crippen molar-refractivity contribution in [1.29, 1.82) is 0 Å². The van der Waals surface area contributed by atoms with Crippen LogP contribution in [0.3, 0.4) is 0 Å². The fourth-order valence-corrected chi connectivity index (χ4v) is 4.19. The molecule has 0 atom stereocenters. The average Bonchev–Trinajstić information content (AvgIpc) is 3.30. The zero-order chi connectivity index (χ0) is 23.2. The third-order valence-corrected chi connectivity index (χ3v) is 6.09. The molecule has 1 heterocycles. The standard InChI is InChI=1S/C25H28N2O6/c28-23(26-12-13-27-24(29)19-5-10-22-18(15-19)11-14-32-22)16-1-6-20(7-2-16)33-21-8-3-17(4-9-21)25(30)31/h1-2,5-7,10,15,17,21H,3-4,8-9,11-14H2,(H,26,28)(H,27,29)(H,30,31). The SMILES string of the molecule is O=C(NCCNC(=O)c1ccc2c(c1)CCO2)c1ccc(OC2CCC(C(=O)O)CC2)cc1. The van der Waals surface area contributed by atoms with Gasteiger partial charge in [-0.25, -0.2) is 0 Å². The number of benzene rings is 2. The molecule has 2 amide bonds. The van der Waals surface area contributed by atoms with Gasteiger partial charge in [-0.3, -0.25) is 14.4 Å². The number of carbonyl (C=O) groups excluding carboxylic acids is 2. The summed E-state index contributed by atoms with van der Waals surface area (Å²) < 4.78 is 11.4. The lowest BCUT2D eigenvalue weighted by atomic mass is 9.87. The number of nitrogens with one attached hydrogen (secondary N) is 2. The summed E-state index contributed by atoms with van der Waals surface area (Å²) >= 11 is 0. The molecule has 1 fully saturated rings. The maximum absolute atomic E-state index is 12.4. The molecule has 8 nitrogen and oxygen atoms in total. The summed E-state index contributed by atoms with van der Waals surface area (Å²) in [6, 6.07) is 12.3. The third kappa shape index (κ3) is 5.83. The first-order valence-electron chi connectivity index (χ1n) is 11.3. The molecule has 0 bridgehead atoms. The van der Waals surface area contributed by atoms with E-state index in [0.29, 0.717) is 62.3 Å². The average molecular weight is 453 g/mol. The van der Waals surface area contributed by atoms with Crippen LogP contribution in [0.5, 0.6) is 11.5 Å². The molecule has 0 spiro atoms. The number of carbonyl (C=O) groups is 3. The Labute approximate surface area is 192 Å². The van der Waals surface area contributed by atoms with Gasteiger partial charge in [0.05, 0.1) is 18.6 Å². The number of ether oxygens (including phenoxy) is 2. The highest BCUT2D eigenvalue weighted by Gasteiger charge is 2.26. The highest BCUT2D eigenvalue weighted by molar-refractivity contribution is 5.95. The van der Waals surface area contributed by atoms with E-state index in [1.165, 1.54) is 0 Å². The van der Waals surface area contributed by atoms with Crippen LogP contribution in [0.4, 0.5) is 0 Å². The first kappa shape index (κ1) is 22.6. The first-order valence-corrected chi connectivity index (χ1v) is 11.3. The molecule has 0 radical (unpaired) electrons. The van der Waals surface area contributed by atoms with Crippen molar-refractivity contribution in [3.05, 3.63) is 59.2 Å². The van der Waals surface area contributed by atoms with Crippen LogP contribution in [0.25, 0.3) is 0 Å². The summed E-state index contributed by atoms with van der Waals surface area (Å²) in [6.07, 6.45) is 3.48. The van der Waals surface area contributed by atoms with Crippen LogP contribution in [0, 0.1) is 5.92 Å². The van der Waals surface area contributed by atoms with Crippen molar-refractivity contribution in [2.45, 2.75) is 38.2 Å². The second-order valence-corrected chi connectivity index (χ2v) is 8.39. The van der Waals surface area contributed by atoms with Gasteiger partial charge in [0.2, 0.25) is 0 Å². The van der Waals surface area contributed by atoms with E-state index in [0.717, 1.165) is 17.7 Å². The molecule has 3 N–H and O–H groups in total. The first-order chi connectivity index (χ1) is 16.0. The number of rotatable bonds is 8. The van der Waals surface area contributed by atoms with Gasteiger partial charge in [-0.05, 0) is 73.7 Å². The lowest BCUT2D eigenvalue weighted by Gasteiger charge is -2.26. The molecular formula is C25H28N2O6. The Bertz CT molecular complexity index is 1010. The van der Waals surface area contributed by atoms with Crippen molar-refractivity contribution in [2.24, 2.45) is 5.92 Å². The number of hydrogen-bond donors (Lipinski definition) is 3. The molecule has 2 aromatic carbocycles. The molecule has 0 aromatic heterocycles. The molecule has 33 heavy (non-hydrogen) atoms. The Balaban J connectivity index is 1.18. The van der Waals surface area contributed by atoms with Crippen LogP contribution < -0.4 is 20.1 Å². The molecule has 1 saturated carbocycles. The van der Waals surface area contributed by atoms with E-state index in [-0.39, 0.29) is 23.8 Å². The van der Waals surface area contributed by atoms with Crippen molar-refractivity contribution in [1.82, 2.24) is 10.6 Å². The van der Waals surface area contributed by atoms with E-state index in [4.69, 9.17) is 14.6 Å². The normalized spacial score (nSPS) is 19.2. The summed E-state index contributed by atoms with van der Waals surface area (Å²) in [5.74, 6) is 0.0776. The maximum atomic E-state index is 12.4. The summed E-state index contributed by atoms with van der Waals surface area (Å²) in [5, 5.41) is 14.7. The Morgan fingerprint density at radius 3 is 2.21 bits per heavy atom. The van der Waals surface area contributed by atoms with E-state index in [9.17, 15) is 14.4 Å². The third-order valence-electron chi connectivity index (χ3n) is 6.09. The molecular weight excluding hydrogens is 424 g/mol. The molecule has 8 heteroatoms. The van der Waals surface area contributed by atoms with Crippen LogP contribution in [-0.4, -0.2) is 48.7 Å². The monoisotopic (exact) mass is 452 g/mol. The summed E-state index contributed by atoms with van der Waals surface area (Å²) in [5.41, 5.74) is 2.12. The van der Waals surface area contributed by atoms with E-state index in [2.05, 4.69) is 10.6 Å². The van der Waals surface area contributed by atoms with Gasteiger partial charge in [0.25, 0.3) is 11.8 Å². The largest absolute Gasteiger partial charge is 0.493 e. The second kappa shape index (κ2) is 10.4. The lowest BCUT2D eigenvalue weighted by Crippen LogP contribution is -2.34. The molecule has 4 rings (SSSR count). The zero-order valence-electron chi connectivity index (χ0n) is 18.3. The Hall–Kier alpha value is -3.55. The van der Waals surface area contributed by atoms with Crippen molar-refractivity contribution in [2.75, 3.05) is 19.7 Å². The molecule has 1 aliphatic heterocycles. The van der Waals surface area contributed by atoms with Gasteiger partial charge in [-0.15, -0.1) is 0 Å². The van der Waals surface area contributed by atoms with Crippen LogP contribution in [-0.2, 0) is 11.2 Å². The number of carboxylic acids is 1. The minimum absolute atomic E-state index is 0.00193. The summed E-state index contributed by atoms with van der Waals surface area (Å²) in [7, 11) is 0. The maximum Gasteiger partial charge on any atom is 0.306 e.